The third-order valence-corrected chi connectivity index (χ3v) is 5.91. The van der Waals surface area contributed by atoms with Crippen molar-refractivity contribution in [2.75, 3.05) is 0 Å². The van der Waals surface area contributed by atoms with Gasteiger partial charge in [-0.25, -0.2) is 13.8 Å². The lowest BCUT2D eigenvalue weighted by atomic mass is 9.67. The summed E-state index contributed by atoms with van der Waals surface area (Å²) in [6.45, 7) is 3.76. The number of hydrogen-bond acceptors (Lipinski definition) is 3. The molecule has 0 spiro atoms. The highest BCUT2D eigenvalue weighted by Gasteiger charge is 2.58. The molecule has 1 aliphatic rings. The molecular formula is C22H19F2N3O. The minimum absolute atomic E-state index is 0.236. The predicted octanol–water partition coefficient (Wildman–Crippen LogP) is 4.09. The second kappa shape index (κ2) is 6.25. The fraction of sp³-hybridized carbons (Fsp3) is 0.273. The standard InChI is InChI=1S/C22H19F2N3O/c1-21(2)20(17-8-5-15(11-25)9-18(17)24)27-13-26-12-19(27)22(21,28)10-14-3-6-16(23)7-4-14/h3-9,12-13,20,28H,10H2,1-2H3. The van der Waals surface area contributed by atoms with E-state index in [1.807, 2.05) is 19.9 Å². The lowest BCUT2D eigenvalue weighted by Gasteiger charge is -2.40. The van der Waals surface area contributed by atoms with Gasteiger partial charge < -0.3 is 9.67 Å². The fourth-order valence-electron chi connectivity index (χ4n) is 4.31. The van der Waals surface area contributed by atoms with Crippen LogP contribution in [-0.4, -0.2) is 14.7 Å². The van der Waals surface area contributed by atoms with Gasteiger partial charge in [0, 0.05) is 17.4 Å². The Hall–Kier alpha value is -3.04. The van der Waals surface area contributed by atoms with Gasteiger partial charge in [-0.1, -0.05) is 32.0 Å². The van der Waals surface area contributed by atoms with Gasteiger partial charge in [0.05, 0.1) is 35.9 Å². The summed E-state index contributed by atoms with van der Waals surface area (Å²) < 4.78 is 29.9. The number of halogens is 2. The lowest BCUT2D eigenvalue weighted by molar-refractivity contribution is -0.0674. The Bertz CT molecular complexity index is 1080. The molecule has 4 nitrogen and oxygen atoms in total. The number of fused-ring (bicyclic) bond motifs is 1. The highest BCUT2D eigenvalue weighted by molar-refractivity contribution is 5.40. The summed E-state index contributed by atoms with van der Waals surface area (Å²) in [6, 6.07) is 11.8. The van der Waals surface area contributed by atoms with E-state index in [4.69, 9.17) is 5.26 Å². The quantitative estimate of drug-likeness (QED) is 0.746. The van der Waals surface area contributed by atoms with Crippen molar-refractivity contribution in [3.05, 3.63) is 89.0 Å². The van der Waals surface area contributed by atoms with Crippen LogP contribution in [0.1, 0.15) is 42.3 Å². The van der Waals surface area contributed by atoms with Gasteiger partial charge in [0.15, 0.2) is 0 Å². The molecule has 0 saturated carbocycles. The van der Waals surface area contributed by atoms with Gasteiger partial charge in [0.1, 0.15) is 17.2 Å². The number of nitrogens with zero attached hydrogens (tertiary/aromatic N) is 3. The van der Waals surface area contributed by atoms with Crippen molar-refractivity contribution in [1.29, 1.82) is 5.26 Å². The zero-order valence-corrected chi connectivity index (χ0v) is 15.5. The molecule has 28 heavy (non-hydrogen) atoms. The largest absolute Gasteiger partial charge is 0.383 e. The summed E-state index contributed by atoms with van der Waals surface area (Å²) in [5, 5.41) is 20.8. The third kappa shape index (κ3) is 2.54. The van der Waals surface area contributed by atoms with E-state index < -0.39 is 22.9 Å². The Morgan fingerprint density at radius 1 is 1.18 bits per heavy atom. The zero-order valence-electron chi connectivity index (χ0n) is 15.5. The summed E-state index contributed by atoms with van der Waals surface area (Å²) in [7, 11) is 0. The van der Waals surface area contributed by atoms with Crippen LogP contribution in [0.25, 0.3) is 0 Å². The number of nitriles is 1. The maximum atomic E-state index is 14.8. The average Bonchev–Trinajstić information content (AvgIpc) is 3.19. The maximum absolute atomic E-state index is 14.8. The summed E-state index contributed by atoms with van der Waals surface area (Å²) in [6.07, 6.45) is 3.41. The first-order valence-electron chi connectivity index (χ1n) is 8.96. The molecule has 1 aromatic heterocycles. The summed E-state index contributed by atoms with van der Waals surface area (Å²) in [5.41, 5.74) is -0.162. The van der Waals surface area contributed by atoms with Crippen molar-refractivity contribution < 1.29 is 13.9 Å². The smallest absolute Gasteiger partial charge is 0.129 e. The van der Waals surface area contributed by atoms with Crippen LogP contribution in [0.5, 0.6) is 0 Å². The van der Waals surface area contributed by atoms with Crippen molar-refractivity contribution in [3.8, 4) is 6.07 Å². The topological polar surface area (TPSA) is 61.8 Å². The van der Waals surface area contributed by atoms with Crippen LogP contribution in [0, 0.1) is 28.4 Å². The summed E-state index contributed by atoms with van der Waals surface area (Å²) in [4.78, 5) is 4.17. The van der Waals surface area contributed by atoms with E-state index >= 15 is 0 Å². The highest BCUT2D eigenvalue weighted by atomic mass is 19.1. The molecule has 4 rings (SSSR count). The zero-order chi connectivity index (χ0) is 20.1. The Morgan fingerprint density at radius 3 is 2.54 bits per heavy atom. The van der Waals surface area contributed by atoms with Crippen LogP contribution >= 0.6 is 0 Å². The van der Waals surface area contributed by atoms with E-state index in [0.29, 0.717) is 11.3 Å². The van der Waals surface area contributed by atoms with E-state index in [1.54, 1.807) is 41.4 Å². The van der Waals surface area contributed by atoms with Crippen LogP contribution in [0.4, 0.5) is 8.78 Å². The van der Waals surface area contributed by atoms with E-state index in [9.17, 15) is 13.9 Å². The Labute approximate surface area is 161 Å². The van der Waals surface area contributed by atoms with Gasteiger partial charge in [-0.05, 0) is 29.8 Å². The van der Waals surface area contributed by atoms with Gasteiger partial charge in [-0.3, -0.25) is 0 Å². The molecular weight excluding hydrogens is 360 g/mol. The molecule has 1 N–H and O–H groups in total. The predicted molar refractivity (Wildman–Crippen MR) is 99.3 cm³/mol. The number of rotatable bonds is 3. The van der Waals surface area contributed by atoms with Gasteiger partial charge in [0.2, 0.25) is 0 Å². The maximum Gasteiger partial charge on any atom is 0.129 e. The molecule has 0 fully saturated rings. The second-order valence-electron chi connectivity index (χ2n) is 7.82. The lowest BCUT2D eigenvalue weighted by Crippen LogP contribution is -2.42. The average molecular weight is 379 g/mol. The van der Waals surface area contributed by atoms with E-state index in [0.717, 1.165) is 5.56 Å². The first kappa shape index (κ1) is 18.3. The molecule has 0 bridgehead atoms. The molecule has 142 valence electrons. The fourth-order valence-corrected chi connectivity index (χ4v) is 4.31. The van der Waals surface area contributed by atoms with Crippen molar-refractivity contribution in [2.24, 2.45) is 5.41 Å². The molecule has 0 radical (unpaired) electrons. The molecule has 0 aliphatic carbocycles. The molecule has 6 heteroatoms. The summed E-state index contributed by atoms with van der Waals surface area (Å²) in [5.74, 6) is -0.841. The monoisotopic (exact) mass is 379 g/mol. The Morgan fingerprint density at radius 2 is 1.89 bits per heavy atom. The summed E-state index contributed by atoms with van der Waals surface area (Å²) >= 11 is 0. The van der Waals surface area contributed by atoms with Crippen LogP contribution in [0.2, 0.25) is 0 Å². The van der Waals surface area contributed by atoms with Crippen LogP contribution in [0.3, 0.4) is 0 Å². The van der Waals surface area contributed by atoms with Crippen molar-refractivity contribution in [2.45, 2.75) is 31.9 Å². The van der Waals surface area contributed by atoms with Gasteiger partial charge >= 0.3 is 0 Å². The third-order valence-electron chi connectivity index (χ3n) is 5.91. The van der Waals surface area contributed by atoms with E-state index in [-0.39, 0.29) is 17.8 Å². The number of hydrogen-bond donors (Lipinski definition) is 1. The molecule has 0 amide bonds. The molecule has 2 unspecified atom stereocenters. The molecule has 2 heterocycles. The first-order chi connectivity index (χ1) is 13.3. The molecule has 3 aromatic rings. The van der Waals surface area contributed by atoms with Crippen molar-refractivity contribution >= 4 is 0 Å². The number of aliphatic hydroxyl groups is 1. The van der Waals surface area contributed by atoms with E-state index in [1.165, 1.54) is 18.2 Å². The number of imidazole rings is 1. The number of benzene rings is 2. The van der Waals surface area contributed by atoms with Crippen molar-refractivity contribution in [1.82, 2.24) is 9.55 Å². The minimum Gasteiger partial charge on any atom is -0.383 e. The molecule has 1 aliphatic heterocycles. The van der Waals surface area contributed by atoms with Gasteiger partial charge in [-0.15, -0.1) is 0 Å². The van der Waals surface area contributed by atoms with Gasteiger partial charge in [0.25, 0.3) is 0 Å². The second-order valence-corrected chi connectivity index (χ2v) is 7.82. The van der Waals surface area contributed by atoms with Crippen LogP contribution < -0.4 is 0 Å². The van der Waals surface area contributed by atoms with Gasteiger partial charge in [-0.2, -0.15) is 5.26 Å². The highest BCUT2D eigenvalue weighted by Crippen LogP contribution is 2.57. The van der Waals surface area contributed by atoms with E-state index in [2.05, 4.69) is 4.98 Å². The Kier molecular flexibility index (Phi) is 4.09. The van der Waals surface area contributed by atoms with Crippen LogP contribution in [-0.2, 0) is 12.0 Å². The molecule has 0 saturated heterocycles. The number of aromatic nitrogens is 2. The Balaban J connectivity index is 1.83. The van der Waals surface area contributed by atoms with Crippen LogP contribution in [0.15, 0.2) is 55.0 Å². The molecule has 2 aromatic carbocycles. The molecule has 2 atom stereocenters. The normalized spacial score (nSPS) is 22.6. The minimum atomic E-state index is -1.34. The van der Waals surface area contributed by atoms with Crippen molar-refractivity contribution in [3.63, 3.8) is 0 Å². The first-order valence-corrected chi connectivity index (χ1v) is 8.96. The SMILES string of the molecule is CC1(C)C(c2ccc(C#N)cc2F)n2cncc2C1(O)Cc1ccc(F)cc1.